The van der Waals surface area contributed by atoms with Crippen LogP contribution in [-0.2, 0) is 19.6 Å². The van der Waals surface area contributed by atoms with Gasteiger partial charge in [0.15, 0.2) is 0 Å². The van der Waals surface area contributed by atoms with Crippen molar-refractivity contribution in [3.8, 4) is 0 Å². The van der Waals surface area contributed by atoms with Gasteiger partial charge in [-0.05, 0) is 76.3 Å². The smallest absolute Gasteiger partial charge is 0.744 e. The van der Waals surface area contributed by atoms with E-state index in [0.717, 1.165) is 44.6 Å². The zero-order valence-electron chi connectivity index (χ0n) is 41.1. The Labute approximate surface area is 431 Å². The van der Waals surface area contributed by atoms with Gasteiger partial charge in [-0.25, -0.2) is 18.0 Å². The number of rotatable bonds is 45. The normalized spacial score (nSPS) is 11.7. The molecule has 0 aromatic heterocycles. The monoisotopic (exact) mass is 925 g/mol. The van der Waals surface area contributed by atoms with E-state index in [-0.39, 0.29) is 70.2 Å². The van der Waals surface area contributed by atoms with Gasteiger partial charge in [-0.3, -0.25) is 0 Å². The molecular weight excluding hydrogens is 832 g/mol. The first-order valence-electron chi connectivity index (χ1n) is 26.1. The Morgan fingerprint density at radius 3 is 1.05 bits per heavy atom. The minimum absolute atomic E-state index is 0. The van der Waals surface area contributed by atoms with Gasteiger partial charge in [0.1, 0.15) is 10.1 Å². The molecule has 0 aliphatic rings. The molecule has 9 heteroatoms. The van der Waals surface area contributed by atoms with Crippen molar-refractivity contribution in [1.82, 2.24) is 0 Å². The van der Waals surface area contributed by atoms with Crippen LogP contribution in [-0.4, -0.2) is 38.1 Å². The van der Waals surface area contributed by atoms with E-state index in [9.17, 15) is 22.6 Å². The summed E-state index contributed by atoms with van der Waals surface area (Å²) in [7, 11) is -5.02. The molecule has 0 atom stereocenters. The number of allylic oxidation sites excluding steroid dienone is 4. The fourth-order valence-corrected chi connectivity index (χ4v) is 8.76. The number of hydrogen-bond acceptors (Lipinski definition) is 7. The summed E-state index contributed by atoms with van der Waals surface area (Å²) in [6.45, 7) is 4.76. The van der Waals surface area contributed by atoms with E-state index >= 15 is 0 Å². The van der Waals surface area contributed by atoms with E-state index in [1.54, 1.807) is 0 Å². The van der Waals surface area contributed by atoms with Crippen molar-refractivity contribution in [1.29, 1.82) is 0 Å². The van der Waals surface area contributed by atoms with Gasteiger partial charge in [0, 0.05) is 0 Å². The number of ether oxygens (including phenoxy) is 2. The van der Waals surface area contributed by atoms with Crippen LogP contribution < -0.4 is 51.4 Å². The summed E-state index contributed by atoms with van der Waals surface area (Å²) in [5.74, 6) is -1.80. The number of esters is 2. The third-order valence-corrected chi connectivity index (χ3v) is 12.9. The minimum atomic E-state index is -5.02. The molecule has 0 N–H and O–H groups in total. The predicted molar refractivity (Wildman–Crippen MR) is 260 cm³/mol. The molecule has 0 radical (unpaired) electrons. The van der Waals surface area contributed by atoms with Crippen LogP contribution in [0.4, 0.5) is 0 Å². The summed E-state index contributed by atoms with van der Waals surface area (Å²) >= 11 is 0. The van der Waals surface area contributed by atoms with Crippen molar-refractivity contribution in [2.45, 2.75) is 263 Å². The molecule has 0 spiro atoms. The van der Waals surface area contributed by atoms with E-state index < -0.39 is 32.5 Å². The third kappa shape index (κ3) is 37.9. The topological polar surface area (TPSA) is 110 Å². The molecule has 0 heterocycles. The van der Waals surface area contributed by atoms with Gasteiger partial charge in [0.05, 0.1) is 29.2 Å². The van der Waals surface area contributed by atoms with Gasteiger partial charge in [-0.1, -0.05) is 224 Å². The van der Waals surface area contributed by atoms with Gasteiger partial charge in [0.2, 0.25) is 0 Å². The number of unbranched alkanes of at least 4 members (excludes halogenated alkanes) is 34. The Kier molecular flexibility index (Phi) is 45.7. The molecule has 7 nitrogen and oxygen atoms in total. The van der Waals surface area contributed by atoms with Gasteiger partial charge in [-0.2, -0.15) is 0 Å². The van der Waals surface area contributed by atoms with Crippen LogP contribution in [0.15, 0.2) is 47.4 Å². The van der Waals surface area contributed by atoms with Crippen LogP contribution in [0.5, 0.6) is 0 Å². The average molecular weight is 925 g/mol. The van der Waals surface area contributed by atoms with Crippen LogP contribution in [0.25, 0.3) is 0 Å². The standard InChI is InChI=1S/C54H94O7S.K/c1-3-5-7-9-11-13-15-17-19-21-23-25-27-29-31-33-35-37-39-41-43-48-60-53(55)50-46-45-47-51(62(57,58)59)52(50)54(56)61-49-44-42-40-38-36-34-32-30-28-26-24-22-20-18-16-14-12-10-8-6-4-2;/h11-14,45-47H,3-10,15-44,48-49H2,1-2H3,(H,57,58,59);/q;+1/p-1/b13-11+,14-12+;. The molecule has 358 valence electrons. The second-order valence-corrected chi connectivity index (χ2v) is 19.2. The third-order valence-electron chi connectivity index (χ3n) is 12.0. The first-order valence-corrected chi connectivity index (χ1v) is 27.5. The first-order chi connectivity index (χ1) is 30.3. The SMILES string of the molecule is CCCCC/C=C/CCCCCCCCCCCCCCCCOC(=O)c1cccc(S(=O)(=O)[O-])c1C(=O)OCCCCCCCCCCCCCCCC/C=C/CCCCC.[K+]. The van der Waals surface area contributed by atoms with E-state index in [4.69, 9.17) is 9.47 Å². The van der Waals surface area contributed by atoms with Gasteiger partial charge < -0.3 is 14.0 Å². The van der Waals surface area contributed by atoms with Crippen molar-refractivity contribution in [3.63, 3.8) is 0 Å². The predicted octanol–water partition coefficient (Wildman–Crippen LogP) is 13.9. The van der Waals surface area contributed by atoms with Crippen LogP contribution in [0.1, 0.15) is 279 Å². The molecule has 0 saturated carbocycles. The maximum Gasteiger partial charge on any atom is 1.00 e. The molecule has 0 aliphatic carbocycles. The van der Waals surface area contributed by atoms with E-state index in [2.05, 4.69) is 38.2 Å². The van der Waals surface area contributed by atoms with E-state index in [1.807, 2.05) is 0 Å². The van der Waals surface area contributed by atoms with Crippen molar-refractivity contribution in [2.24, 2.45) is 0 Å². The summed E-state index contributed by atoms with van der Waals surface area (Å²) in [6, 6.07) is 3.65. The molecule has 1 rings (SSSR count). The Bertz CT molecular complexity index is 1380. The molecular formula is C54H93KO7S. The van der Waals surface area contributed by atoms with E-state index in [1.165, 1.54) is 205 Å². The van der Waals surface area contributed by atoms with Gasteiger partial charge in [0.25, 0.3) is 0 Å². The Morgan fingerprint density at radius 2 is 0.730 bits per heavy atom. The molecule has 0 amide bonds. The number of carbonyl (C=O) groups is 2. The van der Waals surface area contributed by atoms with Crippen molar-refractivity contribution in [3.05, 3.63) is 53.6 Å². The number of benzene rings is 1. The van der Waals surface area contributed by atoms with Crippen molar-refractivity contribution >= 4 is 22.1 Å². The zero-order chi connectivity index (χ0) is 45.0. The largest absolute Gasteiger partial charge is 1.00 e. The Balaban J connectivity index is 0.0000384. The molecule has 0 fully saturated rings. The van der Waals surface area contributed by atoms with Crippen LogP contribution >= 0.6 is 0 Å². The molecule has 0 saturated heterocycles. The molecule has 0 aliphatic heterocycles. The van der Waals surface area contributed by atoms with Gasteiger partial charge in [-0.15, -0.1) is 0 Å². The Morgan fingerprint density at radius 1 is 0.444 bits per heavy atom. The fraction of sp³-hybridized carbons (Fsp3) is 0.778. The second kappa shape index (κ2) is 46.3. The summed E-state index contributed by atoms with van der Waals surface area (Å²) in [6.07, 6.45) is 56.1. The van der Waals surface area contributed by atoms with E-state index in [0.29, 0.717) is 12.8 Å². The molecule has 1 aromatic rings. The summed E-state index contributed by atoms with van der Waals surface area (Å²) in [4.78, 5) is 25.3. The second-order valence-electron chi connectivity index (χ2n) is 17.8. The summed E-state index contributed by atoms with van der Waals surface area (Å²) in [5.41, 5.74) is -0.769. The molecule has 0 bridgehead atoms. The average Bonchev–Trinajstić information content (AvgIpc) is 3.26. The summed E-state index contributed by atoms with van der Waals surface area (Å²) < 4.78 is 47.0. The fourth-order valence-electron chi connectivity index (χ4n) is 8.07. The molecule has 1 aromatic carbocycles. The quantitative estimate of drug-likeness (QED) is 0.0211. The van der Waals surface area contributed by atoms with Crippen molar-refractivity contribution < 1.29 is 83.4 Å². The van der Waals surface area contributed by atoms with Crippen LogP contribution in [0.3, 0.4) is 0 Å². The maximum absolute atomic E-state index is 13.1. The summed E-state index contributed by atoms with van der Waals surface area (Å²) in [5, 5.41) is 0. The maximum atomic E-state index is 13.1. The number of carbonyl (C=O) groups excluding carboxylic acids is 2. The zero-order valence-corrected chi connectivity index (χ0v) is 45.0. The van der Waals surface area contributed by atoms with Crippen molar-refractivity contribution in [2.75, 3.05) is 13.2 Å². The molecule has 63 heavy (non-hydrogen) atoms. The first kappa shape index (κ1) is 62.2. The number of hydrogen-bond donors (Lipinski definition) is 0. The van der Waals surface area contributed by atoms with Crippen LogP contribution in [0.2, 0.25) is 0 Å². The minimum Gasteiger partial charge on any atom is -0.744 e. The Hall–Kier alpha value is -0.814. The molecule has 0 unspecified atom stereocenters. The van der Waals surface area contributed by atoms with Gasteiger partial charge >= 0.3 is 63.3 Å². The van der Waals surface area contributed by atoms with Crippen LogP contribution in [0, 0.1) is 0 Å².